The number of aromatic nitrogens is 2. The van der Waals surface area contributed by atoms with Crippen molar-refractivity contribution >= 4 is 22.8 Å². The fourth-order valence-electron chi connectivity index (χ4n) is 2.57. The molecule has 0 radical (unpaired) electrons. The fraction of sp³-hybridized carbons (Fsp3) is 0.385. The van der Waals surface area contributed by atoms with Gasteiger partial charge in [-0.25, -0.2) is 4.98 Å². The van der Waals surface area contributed by atoms with E-state index in [9.17, 15) is 14.9 Å². The number of anilines is 1. The van der Waals surface area contributed by atoms with E-state index < -0.39 is 16.2 Å². The second-order valence-corrected chi connectivity index (χ2v) is 5.94. The molecule has 0 aromatic carbocycles. The molecule has 0 bridgehead atoms. The number of aryl methyl sites for hydroxylation is 1. The molecule has 0 saturated carbocycles. The summed E-state index contributed by atoms with van der Waals surface area (Å²) in [7, 11) is 0. The first-order chi connectivity index (χ1) is 10.1. The highest BCUT2D eigenvalue weighted by atomic mass is 32.1. The van der Waals surface area contributed by atoms with Crippen LogP contribution in [-0.4, -0.2) is 28.0 Å². The average molecular weight is 306 g/mol. The van der Waals surface area contributed by atoms with Crippen molar-refractivity contribution in [1.82, 2.24) is 9.97 Å². The number of thiophene rings is 1. The van der Waals surface area contributed by atoms with Gasteiger partial charge in [-0.2, -0.15) is 0 Å². The van der Waals surface area contributed by atoms with Crippen LogP contribution >= 0.6 is 11.3 Å². The highest BCUT2D eigenvalue weighted by Crippen LogP contribution is 2.27. The molecule has 1 aliphatic rings. The van der Waals surface area contributed by atoms with Crippen LogP contribution in [0.4, 0.5) is 11.5 Å². The predicted octanol–water partition coefficient (Wildman–Crippen LogP) is 1.65. The van der Waals surface area contributed by atoms with E-state index >= 15 is 0 Å². The van der Waals surface area contributed by atoms with Crippen molar-refractivity contribution in [2.45, 2.75) is 19.8 Å². The molecule has 8 heteroatoms. The van der Waals surface area contributed by atoms with Gasteiger partial charge in [0.2, 0.25) is 5.82 Å². The minimum atomic E-state index is -0.693. The molecular weight excluding hydrogens is 292 g/mol. The van der Waals surface area contributed by atoms with Gasteiger partial charge in [-0.3, -0.25) is 14.9 Å². The molecule has 0 unspecified atom stereocenters. The second-order valence-electron chi connectivity index (χ2n) is 4.94. The summed E-state index contributed by atoms with van der Waals surface area (Å²) in [5.41, 5.74) is 0.124. The standard InChI is InChI=1S/C13H14N4O3S/c1-8-14-12(11(17(19)20)13(18)15-8)16-5-2-9-4-7-21-10(9)3-6-16/h4,7H,2-3,5-6H2,1H3,(H,14,15,18). The van der Waals surface area contributed by atoms with Crippen molar-refractivity contribution in [3.63, 3.8) is 0 Å². The summed E-state index contributed by atoms with van der Waals surface area (Å²) < 4.78 is 0. The Morgan fingerprint density at radius 2 is 2.19 bits per heavy atom. The Morgan fingerprint density at radius 3 is 2.95 bits per heavy atom. The van der Waals surface area contributed by atoms with Crippen LogP contribution in [-0.2, 0) is 12.8 Å². The van der Waals surface area contributed by atoms with E-state index in [0.29, 0.717) is 18.9 Å². The van der Waals surface area contributed by atoms with Gasteiger partial charge in [-0.05, 0) is 36.8 Å². The first-order valence-corrected chi connectivity index (χ1v) is 7.49. The lowest BCUT2D eigenvalue weighted by atomic mass is 10.2. The molecule has 0 fully saturated rings. The summed E-state index contributed by atoms with van der Waals surface area (Å²) >= 11 is 1.70. The number of fused-ring (bicyclic) bond motifs is 1. The van der Waals surface area contributed by atoms with Gasteiger partial charge in [0.25, 0.3) is 0 Å². The Morgan fingerprint density at radius 1 is 1.43 bits per heavy atom. The molecule has 0 spiro atoms. The molecule has 0 saturated heterocycles. The SMILES string of the molecule is Cc1nc(N2CCc3ccsc3CC2)c([N+](=O)[O-])c(=O)[nH]1. The molecule has 110 valence electrons. The Kier molecular flexibility index (Phi) is 3.46. The van der Waals surface area contributed by atoms with E-state index in [-0.39, 0.29) is 5.82 Å². The minimum absolute atomic E-state index is 0.177. The normalized spacial score (nSPS) is 14.6. The average Bonchev–Trinajstić information content (AvgIpc) is 2.76. The third-order valence-electron chi connectivity index (χ3n) is 3.57. The molecule has 21 heavy (non-hydrogen) atoms. The molecule has 3 heterocycles. The van der Waals surface area contributed by atoms with E-state index in [1.807, 2.05) is 4.90 Å². The monoisotopic (exact) mass is 306 g/mol. The lowest BCUT2D eigenvalue weighted by molar-refractivity contribution is -0.385. The zero-order valence-electron chi connectivity index (χ0n) is 11.5. The lowest BCUT2D eigenvalue weighted by Crippen LogP contribution is -2.30. The van der Waals surface area contributed by atoms with Crippen molar-refractivity contribution in [3.05, 3.63) is 48.2 Å². The molecule has 7 nitrogen and oxygen atoms in total. The molecule has 1 aliphatic heterocycles. The third-order valence-corrected chi connectivity index (χ3v) is 4.60. The van der Waals surface area contributed by atoms with Gasteiger partial charge in [0.05, 0.1) is 4.92 Å². The van der Waals surface area contributed by atoms with Crippen molar-refractivity contribution < 1.29 is 4.92 Å². The minimum Gasteiger partial charge on any atom is -0.350 e. The molecular formula is C13H14N4O3S. The summed E-state index contributed by atoms with van der Waals surface area (Å²) in [6.07, 6.45) is 1.63. The predicted molar refractivity (Wildman–Crippen MR) is 80.2 cm³/mol. The maximum absolute atomic E-state index is 11.8. The van der Waals surface area contributed by atoms with E-state index in [2.05, 4.69) is 21.4 Å². The highest BCUT2D eigenvalue weighted by Gasteiger charge is 2.27. The van der Waals surface area contributed by atoms with E-state index in [1.165, 1.54) is 10.4 Å². The van der Waals surface area contributed by atoms with Gasteiger partial charge in [0, 0.05) is 18.0 Å². The Balaban J connectivity index is 1.99. The maximum atomic E-state index is 11.8. The summed E-state index contributed by atoms with van der Waals surface area (Å²) in [6.45, 7) is 2.88. The summed E-state index contributed by atoms with van der Waals surface area (Å²) in [5.74, 6) is 0.566. The molecule has 2 aromatic rings. The summed E-state index contributed by atoms with van der Waals surface area (Å²) in [4.78, 5) is 32.1. The molecule has 0 atom stereocenters. The second kappa shape index (κ2) is 5.28. The molecule has 3 rings (SSSR count). The number of H-pyrrole nitrogens is 1. The van der Waals surface area contributed by atoms with Crippen LogP contribution < -0.4 is 10.5 Å². The Hall–Kier alpha value is -2.22. The van der Waals surface area contributed by atoms with E-state index in [1.54, 1.807) is 18.3 Å². The third kappa shape index (κ3) is 2.54. The Bertz CT molecular complexity index is 730. The van der Waals surface area contributed by atoms with Crippen LogP contribution in [0.1, 0.15) is 16.3 Å². The van der Waals surface area contributed by atoms with Crippen molar-refractivity contribution in [2.24, 2.45) is 0 Å². The van der Waals surface area contributed by atoms with Gasteiger partial charge >= 0.3 is 11.2 Å². The first-order valence-electron chi connectivity index (χ1n) is 6.62. The van der Waals surface area contributed by atoms with Gasteiger partial charge in [0.15, 0.2) is 0 Å². The van der Waals surface area contributed by atoms with Crippen LogP contribution in [0.3, 0.4) is 0 Å². The zero-order valence-corrected chi connectivity index (χ0v) is 12.3. The molecule has 1 N–H and O–H groups in total. The van der Waals surface area contributed by atoms with Crippen LogP contribution in [0.5, 0.6) is 0 Å². The number of nitrogens with zero attached hydrogens (tertiary/aromatic N) is 3. The number of hydrogen-bond donors (Lipinski definition) is 1. The quantitative estimate of drug-likeness (QED) is 0.673. The van der Waals surface area contributed by atoms with Crippen LogP contribution in [0.25, 0.3) is 0 Å². The number of nitro groups is 1. The van der Waals surface area contributed by atoms with Crippen molar-refractivity contribution in [2.75, 3.05) is 18.0 Å². The van der Waals surface area contributed by atoms with Crippen molar-refractivity contribution in [3.8, 4) is 0 Å². The zero-order chi connectivity index (χ0) is 15.0. The first kappa shape index (κ1) is 13.7. The van der Waals surface area contributed by atoms with Gasteiger partial charge < -0.3 is 9.88 Å². The number of rotatable bonds is 2. The molecule has 2 aromatic heterocycles. The van der Waals surface area contributed by atoms with Crippen LogP contribution in [0, 0.1) is 17.0 Å². The Labute approximate surface area is 124 Å². The summed E-state index contributed by atoms with van der Waals surface area (Å²) in [5, 5.41) is 13.2. The fourth-order valence-corrected chi connectivity index (χ4v) is 3.50. The summed E-state index contributed by atoms with van der Waals surface area (Å²) in [6, 6.07) is 2.09. The molecule has 0 aliphatic carbocycles. The van der Waals surface area contributed by atoms with Crippen molar-refractivity contribution in [1.29, 1.82) is 0 Å². The number of nitrogens with one attached hydrogen (secondary N) is 1. The highest BCUT2D eigenvalue weighted by molar-refractivity contribution is 7.10. The molecule has 0 amide bonds. The van der Waals surface area contributed by atoms with Crippen LogP contribution in [0.15, 0.2) is 16.2 Å². The largest absolute Gasteiger partial charge is 0.375 e. The van der Waals surface area contributed by atoms with Crippen LogP contribution in [0.2, 0.25) is 0 Å². The number of hydrogen-bond acceptors (Lipinski definition) is 6. The van der Waals surface area contributed by atoms with Gasteiger partial charge in [-0.1, -0.05) is 0 Å². The van der Waals surface area contributed by atoms with Gasteiger partial charge in [-0.15, -0.1) is 11.3 Å². The topological polar surface area (TPSA) is 92.1 Å². The van der Waals surface area contributed by atoms with Gasteiger partial charge in [0.1, 0.15) is 5.82 Å². The van der Waals surface area contributed by atoms with E-state index in [0.717, 1.165) is 12.8 Å². The smallest absolute Gasteiger partial charge is 0.350 e. The lowest BCUT2D eigenvalue weighted by Gasteiger charge is -2.20. The van der Waals surface area contributed by atoms with E-state index in [4.69, 9.17) is 0 Å². The maximum Gasteiger partial charge on any atom is 0.375 e. The number of aromatic amines is 1.